The summed E-state index contributed by atoms with van der Waals surface area (Å²) in [5, 5.41) is 3.58. The number of nitrogens with one attached hydrogen (secondary N) is 1. The first-order chi connectivity index (χ1) is 9.16. The number of benzene rings is 1. The van der Waals surface area contributed by atoms with Gasteiger partial charge in [0.05, 0.1) is 0 Å². The van der Waals surface area contributed by atoms with Gasteiger partial charge in [-0.3, -0.25) is 0 Å². The molecule has 106 valence electrons. The van der Waals surface area contributed by atoms with Gasteiger partial charge in [-0.2, -0.15) is 0 Å². The van der Waals surface area contributed by atoms with Gasteiger partial charge < -0.3 is 5.32 Å². The van der Waals surface area contributed by atoms with Crippen LogP contribution >= 0.6 is 0 Å². The second-order valence-corrected chi connectivity index (χ2v) is 6.12. The van der Waals surface area contributed by atoms with Crippen LogP contribution in [0.5, 0.6) is 0 Å². The van der Waals surface area contributed by atoms with Gasteiger partial charge in [0.2, 0.25) is 0 Å². The molecule has 2 atom stereocenters. The zero-order valence-corrected chi connectivity index (χ0v) is 12.2. The molecule has 19 heavy (non-hydrogen) atoms. The molecule has 1 aliphatic rings. The van der Waals surface area contributed by atoms with Crippen LogP contribution in [0.1, 0.15) is 57.4 Å². The minimum atomic E-state index is -0.130. The van der Waals surface area contributed by atoms with Crippen LogP contribution in [0.25, 0.3) is 0 Å². The van der Waals surface area contributed by atoms with Crippen LogP contribution in [0.4, 0.5) is 4.39 Å². The highest BCUT2D eigenvalue weighted by Gasteiger charge is 2.25. The summed E-state index contributed by atoms with van der Waals surface area (Å²) in [5.74, 6) is 1.15. The van der Waals surface area contributed by atoms with Crippen LogP contribution in [0.15, 0.2) is 24.3 Å². The monoisotopic (exact) mass is 263 g/mol. The molecule has 0 heterocycles. The predicted molar refractivity (Wildman–Crippen MR) is 78.9 cm³/mol. The molecule has 0 aliphatic heterocycles. The zero-order chi connectivity index (χ0) is 13.7. The molecule has 0 amide bonds. The average Bonchev–Trinajstić information content (AvgIpc) is 2.62. The third-order valence-corrected chi connectivity index (χ3v) is 4.25. The van der Waals surface area contributed by atoms with Crippen molar-refractivity contribution in [1.29, 1.82) is 0 Å². The first-order valence-corrected chi connectivity index (χ1v) is 7.65. The molecule has 2 heteroatoms. The quantitative estimate of drug-likeness (QED) is 0.789. The minimum absolute atomic E-state index is 0.130. The summed E-state index contributed by atoms with van der Waals surface area (Å²) >= 11 is 0. The van der Waals surface area contributed by atoms with Crippen molar-refractivity contribution in [1.82, 2.24) is 5.32 Å². The molecule has 2 unspecified atom stereocenters. The maximum atomic E-state index is 13.1. The van der Waals surface area contributed by atoms with Crippen molar-refractivity contribution in [3.63, 3.8) is 0 Å². The summed E-state index contributed by atoms with van der Waals surface area (Å²) in [6.07, 6.45) is 6.52. The summed E-state index contributed by atoms with van der Waals surface area (Å²) in [6.45, 7) is 5.48. The fourth-order valence-electron chi connectivity index (χ4n) is 3.16. The van der Waals surface area contributed by atoms with Crippen molar-refractivity contribution >= 4 is 0 Å². The van der Waals surface area contributed by atoms with Gasteiger partial charge in [0.25, 0.3) is 0 Å². The van der Waals surface area contributed by atoms with Gasteiger partial charge in [-0.1, -0.05) is 45.2 Å². The van der Waals surface area contributed by atoms with Crippen molar-refractivity contribution in [2.45, 2.75) is 57.9 Å². The normalized spacial score (nSPS) is 24.4. The Balaban J connectivity index is 2.09. The molecule has 0 aromatic heterocycles. The van der Waals surface area contributed by atoms with E-state index < -0.39 is 0 Å². The minimum Gasteiger partial charge on any atom is -0.314 e. The maximum Gasteiger partial charge on any atom is 0.123 e. The van der Waals surface area contributed by atoms with E-state index in [0.717, 1.165) is 6.54 Å². The molecule has 1 N–H and O–H groups in total. The van der Waals surface area contributed by atoms with E-state index in [1.807, 2.05) is 12.1 Å². The van der Waals surface area contributed by atoms with E-state index in [1.165, 1.54) is 37.7 Å². The highest BCUT2D eigenvalue weighted by Crippen LogP contribution is 2.36. The summed E-state index contributed by atoms with van der Waals surface area (Å²) in [5.41, 5.74) is 1.32. The second-order valence-electron chi connectivity index (χ2n) is 6.12. The van der Waals surface area contributed by atoms with Crippen molar-refractivity contribution in [3.05, 3.63) is 35.6 Å². The fraction of sp³-hybridized carbons (Fsp3) is 0.647. The molecule has 1 aromatic carbocycles. The molecular formula is C17H26FN. The average molecular weight is 263 g/mol. The van der Waals surface area contributed by atoms with Gasteiger partial charge in [-0.05, 0) is 48.9 Å². The molecular weight excluding hydrogens is 237 g/mol. The third kappa shape index (κ3) is 4.31. The lowest BCUT2D eigenvalue weighted by molar-refractivity contribution is 0.362. The number of rotatable bonds is 4. The lowest BCUT2D eigenvalue weighted by Crippen LogP contribution is -2.31. The molecule has 0 spiro atoms. The SMILES string of the molecule is CC(C)NCC1CCCCCC1c1ccc(F)cc1. The Kier molecular flexibility index (Phi) is 5.38. The van der Waals surface area contributed by atoms with E-state index >= 15 is 0 Å². The van der Waals surface area contributed by atoms with Crippen molar-refractivity contribution in [3.8, 4) is 0 Å². The highest BCUT2D eigenvalue weighted by molar-refractivity contribution is 5.21. The van der Waals surface area contributed by atoms with Gasteiger partial charge in [-0.15, -0.1) is 0 Å². The number of hydrogen-bond acceptors (Lipinski definition) is 1. The largest absolute Gasteiger partial charge is 0.314 e. The molecule has 2 rings (SSSR count). The zero-order valence-electron chi connectivity index (χ0n) is 12.2. The molecule has 1 aromatic rings. The summed E-state index contributed by atoms with van der Waals surface area (Å²) < 4.78 is 13.1. The molecule has 0 radical (unpaired) electrons. The highest BCUT2D eigenvalue weighted by atomic mass is 19.1. The lowest BCUT2D eigenvalue weighted by Gasteiger charge is -2.27. The van der Waals surface area contributed by atoms with Crippen LogP contribution in [0.3, 0.4) is 0 Å². The summed E-state index contributed by atoms with van der Waals surface area (Å²) in [7, 11) is 0. The van der Waals surface area contributed by atoms with Crippen LogP contribution in [0, 0.1) is 11.7 Å². The number of halogens is 1. The first kappa shape index (κ1) is 14.5. The van der Waals surface area contributed by atoms with Crippen molar-refractivity contribution < 1.29 is 4.39 Å². The molecule has 1 saturated carbocycles. The maximum absolute atomic E-state index is 13.1. The Hall–Kier alpha value is -0.890. The predicted octanol–water partition coefficient (Wildman–Crippen LogP) is 4.49. The van der Waals surface area contributed by atoms with Crippen LogP contribution < -0.4 is 5.32 Å². The van der Waals surface area contributed by atoms with Crippen LogP contribution in [-0.4, -0.2) is 12.6 Å². The third-order valence-electron chi connectivity index (χ3n) is 4.25. The van der Waals surface area contributed by atoms with Gasteiger partial charge in [-0.25, -0.2) is 4.39 Å². The molecule has 0 saturated heterocycles. The van der Waals surface area contributed by atoms with E-state index in [4.69, 9.17) is 0 Å². The first-order valence-electron chi connectivity index (χ1n) is 7.65. The van der Waals surface area contributed by atoms with E-state index in [1.54, 1.807) is 12.1 Å². The van der Waals surface area contributed by atoms with Crippen LogP contribution in [0.2, 0.25) is 0 Å². The molecule has 1 fully saturated rings. The van der Waals surface area contributed by atoms with Gasteiger partial charge in [0.1, 0.15) is 5.82 Å². The summed E-state index contributed by atoms with van der Waals surface area (Å²) in [6, 6.07) is 7.71. The molecule has 1 nitrogen and oxygen atoms in total. The van der Waals surface area contributed by atoms with Gasteiger partial charge in [0.15, 0.2) is 0 Å². The Morgan fingerprint density at radius 3 is 2.47 bits per heavy atom. The van der Waals surface area contributed by atoms with Crippen molar-refractivity contribution in [2.24, 2.45) is 5.92 Å². The lowest BCUT2D eigenvalue weighted by atomic mass is 9.82. The van der Waals surface area contributed by atoms with Crippen LogP contribution in [-0.2, 0) is 0 Å². The van der Waals surface area contributed by atoms with E-state index in [9.17, 15) is 4.39 Å². The Morgan fingerprint density at radius 2 is 1.79 bits per heavy atom. The van der Waals surface area contributed by atoms with E-state index in [-0.39, 0.29) is 5.82 Å². The molecule has 0 bridgehead atoms. The van der Waals surface area contributed by atoms with E-state index in [0.29, 0.717) is 17.9 Å². The Bertz CT molecular complexity index is 371. The smallest absolute Gasteiger partial charge is 0.123 e. The second kappa shape index (κ2) is 7.04. The molecule has 1 aliphatic carbocycles. The number of hydrogen-bond donors (Lipinski definition) is 1. The Morgan fingerprint density at radius 1 is 1.11 bits per heavy atom. The fourth-order valence-corrected chi connectivity index (χ4v) is 3.16. The van der Waals surface area contributed by atoms with Crippen molar-refractivity contribution in [2.75, 3.05) is 6.54 Å². The standard InChI is InChI=1S/C17H26FN/c1-13(2)19-12-15-6-4-3-5-7-17(15)14-8-10-16(18)11-9-14/h8-11,13,15,17,19H,3-7,12H2,1-2H3. The van der Waals surface area contributed by atoms with E-state index in [2.05, 4.69) is 19.2 Å². The van der Waals surface area contributed by atoms with Gasteiger partial charge >= 0.3 is 0 Å². The van der Waals surface area contributed by atoms with Gasteiger partial charge in [0, 0.05) is 6.04 Å². The topological polar surface area (TPSA) is 12.0 Å². The summed E-state index contributed by atoms with van der Waals surface area (Å²) in [4.78, 5) is 0. The Labute approximate surface area is 116 Å².